The number of carbonyl (C=O) groups excluding carboxylic acids is 1. The van der Waals surface area contributed by atoms with Crippen LogP contribution in [0.25, 0.3) is 11.4 Å². The Hall–Kier alpha value is -2.77. The summed E-state index contributed by atoms with van der Waals surface area (Å²) in [6.07, 6.45) is 0.777. The number of hydrogen-bond donors (Lipinski definition) is 0. The molecule has 3 aromatic rings. The predicted octanol–water partition coefficient (Wildman–Crippen LogP) is 4.25. The molecule has 1 aromatic carbocycles. The fourth-order valence-electron chi connectivity index (χ4n) is 3.84. The van der Waals surface area contributed by atoms with Gasteiger partial charge in [0.1, 0.15) is 5.15 Å². The molecular formula is C24H28ClN5O2. The third-order valence-electron chi connectivity index (χ3n) is 5.52. The average Bonchev–Trinajstić information content (AvgIpc) is 3.22. The molecule has 32 heavy (non-hydrogen) atoms. The highest BCUT2D eigenvalue weighted by atomic mass is 35.5. The largest absolute Gasteiger partial charge is 0.339 e. The molecule has 4 rings (SSSR count). The molecule has 1 aliphatic rings. The Morgan fingerprint density at radius 2 is 1.91 bits per heavy atom. The molecule has 0 saturated carbocycles. The third-order valence-corrected chi connectivity index (χ3v) is 5.81. The fraction of sp³-hybridized carbons (Fsp3) is 0.417. The molecule has 0 unspecified atom stereocenters. The molecule has 8 heteroatoms. The first-order valence-corrected chi connectivity index (χ1v) is 11.3. The molecule has 7 nitrogen and oxygen atoms in total. The topological polar surface area (TPSA) is 75.4 Å². The molecule has 0 spiro atoms. The van der Waals surface area contributed by atoms with E-state index in [1.807, 2.05) is 30.0 Å². The molecule has 2 aromatic heterocycles. The number of aryl methyl sites for hydroxylation is 1. The molecule has 168 valence electrons. The Morgan fingerprint density at radius 1 is 1.12 bits per heavy atom. The van der Waals surface area contributed by atoms with E-state index in [0.717, 1.165) is 37.3 Å². The van der Waals surface area contributed by atoms with Gasteiger partial charge < -0.3 is 9.42 Å². The Morgan fingerprint density at radius 3 is 2.62 bits per heavy atom. The lowest BCUT2D eigenvalue weighted by Gasteiger charge is -2.35. The van der Waals surface area contributed by atoms with Crippen LogP contribution in [-0.4, -0.2) is 57.0 Å². The van der Waals surface area contributed by atoms with Crippen molar-refractivity contribution in [3.63, 3.8) is 0 Å². The summed E-state index contributed by atoms with van der Waals surface area (Å²) in [5.74, 6) is 1.71. The van der Waals surface area contributed by atoms with Crippen LogP contribution in [0.4, 0.5) is 0 Å². The number of nitrogens with zero attached hydrogens (tertiary/aromatic N) is 5. The minimum atomic E-state index is -0.0570. The highest BCUT2D eigenvalue weighted by Crippen LogP contribution is 2.21. The van der Waals surface area contributed by atoms with Gasteiger partial charge in [-0.25, -0.2) is 4.98 Å². The lowest BCUT2D eigenvalue weighted by molar-refractivity contribution is 0.0628. The Bertz CT molecular complexity index is 1090. The minimum absolute atomic E-state index is 0.0570. The first-order valence-electron chi connectivity index (χ1n) is 11.0. The van der Waals surface area contributed by atoms with Gasteiger partial charge in [0, 0.05) is 50.4 Å². The first-order chi connectivity index (χ1) is 15.4. The van der Waals surface area contributed by atoms with E-state index in [0.29, 0.717) is 36.3 Å². The lowest BCUT2D eigenvalue weighted by Crippen LogP contribution is -2.48. The molecule has 1 amide bonds. The van der Waals surface area contributed by atoms with Gasteiger partial charge in [-0.3, -0.25) is 9.69 Å². The maximum absolute atomic E-state index is 12.8. The Balaban J connectivity index is 1.36. The second-order valence-corrected chi connectivity index (χ2v) is 9.03. The number of halogens is 1. The van der Waals surface area contributed by atoms with Gasteiger partial charge in [0.25, 0.3) is 5.91 Å². The van der Waals surface area contributed by atoms with E-state index in [1.54, 1.807) is 6.07 Å². The maximum Gasteiger partial charge on any atom is 0.257 e. The zero-order chi connectivity index (χ0) is 22.7. The zero-order valence-electron chi connectivity index (χ0n) is 18.7. The summed E-state index contributed by atoms with van der Waals surface area (Å²) in [5, 5.41) is 4.41. The SMILES string of the molecule is Cc1ccc(C(=O)N2CCN(Cc3cccc(-c4noc(CC(C)C)n4)c3)CC2)c(Cl)n1. The molecule has 1 fully saturated rings. The van der Waals surface area contributed by atoms with Gasteiger partial charge in [0.15, 0.2) is 0 Å². The standard InChI is InChI=1S/C24H28ClN5O2/c1-16(2)13-21-27-23(28-32-21)19-6-4-5-18(14-19)15-29-9-11-30(12-10-29)24(31)20-8-7-17(3)26-22(20)25/h4-8,14,16H,9-13,15H2,1-3H3. The van der Waals surface area contributed by atoms with E-state index >= 15 is 0 Å². The molecule has 0 N–H and O–H groups in total. The Labute approximate surface area is 193 Å². The fourth-order valence-corrected chi connectivity index (χ4v) is 4.11. The summed E-state index contributed by atoms with van der Waals surface area (Å²) >= 11 is 6.19. The number of rotatable bonds is 6. The van der Waals surface area contributed by atoms with E-state index in [1.165, 1.54) is 5.56 Å². The molecular weight excluding hydrogens is 426 g/mol. The van der Waals surface area contributed by atoms with Crippen molar-refractivity contribution < 1.29 is 9.32 Å². The van der Waals surface area contributed by atoms with Crippen LogP contribution in [0.2, 0.25) is 5.15 Å². The van der Waals surface area contributed by atoms with Crippen molar-refractivity contribution >= 4 is 17.5 Å². The van der Waals surface area contributed by atoms with Crippen molar-refractivity contribution in [3.05, 3.63) is 64.3 Å². The lowest BCUT2D eigenvalue weighted by atomic mass is 10.1. The van der Waals surface area contributed by atoms with Crippen molar-refractivity contribution in [2.45, 2.75) is 33.7 Å². The van der Waals surface area contributed by atoms with Gasteiger partial charge in [-0.15, -0.1) is 0 Å². The van der Waals surface area contributed by atoms with E-state index in [4.69, 9.17) is 16.1 Å². The van der Waals surface area contributed by atoms with Crippen LogP contribution in [0.3, 0.4) is 0 Å². The smallest absolute Gasteiger partial charge is 0.257 e. The van der Waals surface area contributed by atoms with E-state index < -0.39 is 0 Å². The van der Waals surface area contributed by atoms with Crippen LogP contribution in [-0.2, 0) is 13.0 Å². The summed E-state index contributed by atoms with van der Waals surface area (Å²) < 4.78 is 5.38. The summed E-state index contributed by atoms with van der Waals surface area (Å²) in [4.78, 5) is 25.7. The second-order valence-electron chi connectivity index (χ2n) is 8.67. The normalized spacial score (nSPS) is 14.8. The van der Waals surface area contributed by atoms with Crippen molar-refractivity contribution in [1.29, 1.82) is 0 Å². The van der Waals surface area contributed by atoms with Gasteiger partial charge in [-0.05, 0) is 36.6 Å². The number of amides is 1. The molecule has 1 saturated heterocycles. The number of piperazine rings is 1. The van der Waals surface area contributed by atoms with Crippen LogP contribution in [0.1, 0.15) is 41.4 Å². The van der Waals surface area contributed by atoms with Crippen LogP contribution < -0.4 is 0 Å². The predicted molar refractivity (Wildman–Crippen MR) is 123 cm³/mol. The number of pyridine rings is 1. The van der Waals surface area contributed by atoms with Crippen molar-refractivity contribution in [3.8, 4) is 11.4 Å². The highest BCUT2D eigenvalue weighted by Gasteiger charge is 2.24. The summed E-state index contributed by atoms with van der Waals surface area (Å²) in [5.41, 5.74) is 3.41. The van der Waals surface area contributed by atoms with Gasteiger partial charge >= 0.3 is 0 Å². The van der Waals surface area contributed by atoms with Crippen molar-refractivity contribution in [2.24, 2.45) is 5.92 Å². The highest BCUT2D eigenvalue weighted by molar-refractivity contribution is 6.32. The van der Waals surface area contributed by atoms with E-state index in [9.17, 15) is 4.79 Å². The van der Waals surface area contributed by atoms with Gasteiger partial charge in [-0.2, -0.15) is 4.98 Å². The van der Waals surface area contributed by atoms with E-state index in [2.05, 4.69) is 46.0 Å². The number of hydrogen-bond acceptors (Lipinski definition) is 6. The molecule has 0 bridgehead atoms. The minimum Gasteiger partial charge on any atom is -0.339 e. The van der Waals surface area contributed by atoms with Crippen LogP contribution in [0.15, 0.2) is 40.9 Å². The number of benzene rings is 1. The van der Waals surface area contributed by atoms with Gasteiger partial charge in [0.2, 0.25) is 11.7 Å². The Kier molecular flexibility index (Phi) is 6.86. The van der Waals surface area contributed by atoms with Gasteiger partial charge in [0.05, 0.1) is 5.56 Å². The van der Waals surface area contributed by atoms with Crippen LogP contribution >= 0.6 is 11.6 Å². The molecule has 0 radical (unpaired) electrons. The second kappa shape index (κ2) is 9.79. The van der Waals surface area contributed by atoms with Crippen LogP contribution in [0.5, 0.6) is 0 Å². The molecule has 3 heterocycles. The van der Waals surface area contributed by atoms with Crippen molar-refractivity contribution in [2.75, 3.05) is 26.2 Å². The monoisotopic (exact) mass is 453 g/mol. The number of aromatic nitrogens is 3. The first kappa shape index (κ1) is 22.4. The van der Waals surface area contributed by atoms with E-state index in [-0.39, 0.29) is 11.1 Å². The quantitative estimate of drug-likeness (QED) is 0.519. The molecule has 1 aliphatic heterocycles. The summed E-state index contributed by atoms with van der Waals surface area (Å²) in [6, 6.07) is 11.8. The average molecular weight is 454 g/mol. The summed E-state index contributed by atoms with van der Waals surface area (Å²) in [7, 11) is 0. The number of carbonyl (C=O) groups is 1. The van der Waals surface area contributed by atoms with Gasteiger partial charge in [-0.1, -0.05) is 48.8 Å². The summed E-state index contributed by atoms with van der Waals surface area (Å²) in [6.45, 7) is 9.84. The zero-order valence-corrected chi connectivity index (χ0v) is 19.5. The van der Waals surface area contributed by atoms with Crippen molar-refractivity contribution in [1.82, 2.24) is 24.9 Å². The third kappa shape index (κ3) is 5.34. The molecule has 0 aliphatic carbocycles. The van der Waals surface area contributed by atoms with Crippen LogP contribution in [0, 0.1) is 12.8 Å². The maximum atomic E-state index is 12.8. The molecule has 0 atom stereocenters.